The molecule has 1 aliphatic rings. The standard InChI is InChI=1S/C27H29N5O3S/c1-18-9-7-8-12-23(18)30-24(20-13-15-22(16-14-20)32(34)35)17-36-27(30)28-25-19(2)29(3)31(26(25)33)21-10-5-4-6-11-21/h4-6,10-11,13-18,23H,7-9,12H2,1-3H3. The third-order valence-corrected chi connectivity index (χ3v) is 8.08. The van der Waals surface area contributed by atoms with E-state index in [9.17, 15) is 14.9 Å². The summed E-state index contributed by atoms with van der Waals surface area (Å²) in [6, 6.07) is 16.5. The van der Waals surface area contributed by atoms with Crippen LogP contribution >= 0.6 is 11.3 Å². The zero-order valence-electron chi connectivity index (χ0n) is 20.6. The average Bonchev–Trinajstić information content (AvgIpc) is 3.39. The highest BCUT2D eigenvalue weighted by Gasteiger charge is 2.27. The minimum atomic E-state index is -0.384. The van der Waals surface area contributed by atoms with Crippen LogP contribution in [0.4, 0.5) is 11.4 Å². The van der Waals surface area contributed by atoms with Crippen LogP contribution in [0.5, 0.6) is 0 Å². The number of benzene rings is 2. The van der Waals surface area contributed by atoms with Crippen LogP contribution in [0.3, 0.4) is 0 Å². The minimum absolute atomic E-state index is 0.0675. The first-order valence-corrected chi connectivity index (χ1v) is 13.1. The fourth-order valence-corrected chi connectivity index (χ4v) is 6.10. The van der Waals surface area contributed by atoms with Gasteiger partial charge in [0.1, 0.15) is 0 Å². The predicted molar refractivity (Wildman–Crippen MR) is 142 cm³/mol. The molecule has 0 radical (unpaired) electrons. The lowest BCUT2D eigenvalue weighted by molar-refractivity contribution is -0.384. The molecule has 2 heterocycles. The van der Waals surface area contributed by atoms with Crippen molar-refractivity contribution in [1.29, 1.82) is 0 Å². The number of thiazole rings is 1. The number of hydrogen-bond donors (Lipinski definition) is 0. The van der Waals surface area contributed by atoms with E-state index in [1.54, 1.807) is 28.9 Å². The highest BCUT2D eigenvalue weighted by Crippen LogP contribution is 2.36. The SMILES string of the molecule is Cc1c(N=c2scc(-c3ccc([N+](=O)[O-])cc3)n2C2CCCCC2C)c(=O)n(-c2ccccc2)n1C. The molecule has 0 amide bonds. The number of hydrogen-bond acceptors (Lipinski definition) is 5. The Labute approximate surface area is 212 Å². The molecule has 0 aliphatic heterocycles. The van der Waals surface area contributed by atoms with Gasteiger partial charge in [-0.3, -0.25) is 19.6 Å². The fraction of sp³-hybridized carbons (Fsp3) is 0.333. The number of nitro groups is 1. The summed E-state index contributed by atoms with van der Waals surface area (Å²) in [7, 11) is 1.87. The van der Waals surface area contributed by atoms with Crippen molar-refractivity contribution < 1.29 is 4.92 Å². The lowest BCUT2D eigenvalue weighted by Crippen LogP contribution is -2.29. The van der Waals surface area contributed by atoms with Gasteiger partial charge in [0.05, 0.1) is 22.0 Å². The molecule has 8 nitrogen and oxygen atoms in total. The summed E-state index contributed by atoms with van der Waals surface area (Å²) >= 11 is 1.51. The van der Waals surface area contributed by atoms with Gasteiger partial charge in [-0.2, -0.15) is 0 Å². The molecule has 2 unspecified atom stereocenters. The third-order valence-electron chi connectivity index (χ3n) is 7.24. The Hall–Kier alpha value is -3.72. The number of non-ortho nitro benzene ring substituents is 1. The highest BCUT2D eigenvalue weighted by molar-refractivity contribution is 7.07. The molecule has 4 aromatic rings. The lowest BCUT2D eigenvalue weighted by atomic mass is 9.85. The first kappa shape index (κ1) is 24.0. The van der Waals surface area contributed by atoms with Gasteiger partial charge in [-0.15, -0.1) is 11.3 Å². The second-order valence-electron chi connectivity index (χ2n) is 9.43. The van der Waals surface area contributed by atoms with Gasteiger partial charge in [-0.25, -0.2) is 9.67 Å². The van der Waals surface area contributed by atoms with E-state index in [1.807, 2.05) is 49.0 Å². The Bertz CT molecular complexity index is 1530. The van der Waals surface area contributed by atoms with Crippen molar-refractivity contribution >= 4 is 22.7 Å². The van der Waals surface area contributed by atoms with Gasteiger partial charge in [0.15, 0.2) is 10.5 Å². The summed E-state index contributed by atoms with van der Waals surface area (Å²) in [6.07, 6.45) is 4.52. The normalized spacial score (nSPS) is 18.5. The molecule has 36 heavy (non-hydrogen) atoms. The molecule has 1 aliphatic carbocycles. The zero-order valence-corrected chi connectivity index (χ0v) is 21.4. The second kappa shape index (κ2) is 9.73. The summed E-state index contributed by atoms with van der Waals surface area (Å²) in [6.45, 7) is 4.19. The Kier molecular flexibility index (Phi) is 6.49. The number of aromatic nitrogens is 3. The van der Waals surface area contributed by atoms with Crippen molar-refractivity contribution in [2.45, 2.75) is 45.6 Å². The van der Waals surface area contributed by atoms with Crippen LogP contribution in [0.2, 0.25) is 0 Å². The molecular weight excluding hydrogens is 474 g/mol. The van der Waals surface area contributed by atoms with Gasteiger partial charge in [0.2, 0.25) is 0 Å². The minimum Gasteiger partial charge on any atom is -0.313 e. The van der Waals surface area contributed by atoms with Crippen molar-refractivity contribution in [2.24, 2.45) is 18.0 Å². The molecule has 186 valence electrons. The summed E-state index contributed by atoms with van der Waals surface area (Å²) in [5.74, 6) is 0.460. The molecular formula is C27H29N5O3S. The van der Waals surface area contributed by atoms with Crippen molar-refractivity contribution in [3.05, 3.63) is 90.9 Å². The molecule has 9 heteroatoms. The Morgan fingerprint density at radius 1 is 1.06 bits per heavy atom. The number of para-hydroxylation sites is 1. The lowest BCUT2D eigenvalue weighted by Gasteiger charge is -2.31. The first-order valence-electron chi connectivity index (χ1n) is 12.2. The van der Waals surface area contributed by atoms with E-state index in [4.69, 9.17) is 4.99 Å². The van der Waals surface area contributed by atoms with E-state index in [0.717, 1.165) is 46.7 Å². The Morgan fingerprint density at radius 2 is 1.75 bits per heavy atom. The monoisotopic (exact) mass is 503 g/mol. The van der Waals surface area contributed by atoms with Crippen LogP contribution in [0.25, 0.3) is 16.9 Å². The maximum atomic E-state index is 13.5. The average molecular weight is 504 g/mol. The smallest absolute Gasteiger partial charge is 0.297 e. The largest absolute Gasteiger partial charge is 0.313 e. The quantitative estimate of drug-likeness (QED) is 0.251. The van der Waals surface area contributed by atoms with Crippen molar-refractivity contribution in [2.75, 3.05) is 0 Å². The molecule has 1 fully saturated rings. The van der Waals surface area contributed by atoms with E-state index in [-0.39, 0.29) is 22.2 Å². The topological polar surface area (TPSA) is 87.4 Å². The van der Waals surface area contributed by atoms with Crippen molar-refractivity contribution in [3.8, 4) is 16.9 Å². The van der Waals surface area contributed by atoms with E-state index in [1.165, 1.54) is 17.8 Å². The maximum Gasteiger partial charge on any atom is 0.297 e. The van der Waals surface area contributed by atoms with E-state index in [0.29, 0.717) is 11.6 Å². The van der Waals surface area contributed by atoms with E-state index >= 15 is 0 Å². The van der Waals surface area contributed by atoms with Crippen molar-refractivity contribution in [1.82, 2.24) is 13.9 Å². The highest BCUT2D eigenvalue weighted by atomic mass is 32.1. The number of nitro benzene ring substituents is 1. The molecule has 1 saturated carbocycles. The third kappa shape index (κ3) is 4.24. The molecule has 0 spiro atoms. The maximum absolute atomic E-state index is 13.5. The van der Waals surface area contributed by atoms with Gasteiger partial charge in [-0.1, -0.05) is 38.0 Å². The van der Waals surface area contributed by atoms with Crippen LogP contribution in [-0.2, 0) is 7.05 Å². The molecule has 2 aromatic carbocycles. The van der Waals surface area contributed by atoms with Crippen LogP contribution in [0.1, 0.15) is 44.3 Å². The zero-order chi connectivity index (χ0) is 25.4. The summed E-state index contributed by atoms with van der Waals surface area (Å²) < 4.78 is 5.75. The second-order valence-corrected chi connectivity index (χ2v) is 10.3. The summed E-state index contributed by atoms with van der Waals surface area (Å²) in [4.78, 5) is 30.0. The Morgan fingerprint density at radius 3 is 2.42 bits per heavy atom. The number of rotatable bonds is 5. The van der Waals surface area contributed by atoms with Gasteiger partial charge >= 0.3 is 0 Å². The molecule has 2 aromatic heterocycles. The summed E-state index contributed by atoms with van der Waals surface area (Å²) in [5, 5.41) is 13.2. The molecule has 5 rings (SSSR count). The van der Waals surface area contributed by atoms with Crippen LogP contribution in [0.15, 0.2) is 69.8 Å². The molecule has 0 bridgehead atoms. The van der Waals surface area contributed by atoms with Gasteiger partial charge in [0.25, 0.3) is 11.2 Å². The van der Waals surface area contributed by atoms with Gasteiger partial charge in [0, 0.05) is 30.6 Å². The van der Waals surface area contributed by atoms with Crippen LogP contribution in [-0.4, -0.2) is 18.9 Å². The van der Waals surface area contributed by atoms with Crippen LogP contribution in [0, 0.1) is 23.0 Å². The van der Waals surface area contributed by atoms with Gasteiger partial charge in [-0.05, 0) is 55.5 Å². The molecule has 0 saturated heterocycles. The first-order chi connectivity index (χ1) is 17.4. The summed E-state index contributed by atoms with van der Waals surface area (Å²) in [5.41, 5.74) is 3.80. The fourth-order valence-electron chi connectivity index (χ4n) is 5.15. The molecule has 0 N–H and O–H groups in total. The van der Waals surface area contributed by atoms with Crippen molar-refractivity contribution in [3.63, 3.8) is 0 Å². The van der Waals surface area contributed by atoms with Gasteiger partial charge < -0.3 is 4.57 Å². The number of nitrogens with zero attached hydrogens (tertiary/aromatic N) is 5. The van der Waals surface area contributed by atoms with Crippen LogP contribution < -0.4 is 10.4 Å². The van der Waals surface area contributed by atoms with E-state index < -0.39 is 0 Å². The predicted octanol–water partition coefficient (Wildman–Crippen LogP) is 5.91. The molecule has 2 atom stereocenters. The Balaban J connectivity index is 1.70. The van der Waals surface area contributed by atoms with E-state index in [2.05, 4.69) is 16.9 Å².